The highest BCUT2D eigenvalue weighted by atomic mass is 79.9. The molecule has 0 aliphatic carbocycles. The SMILES string of the molecule is FC(F)Oc1cc(Cl)c(Cl)cc1Br. The Balaban J connectivity index is 3.01. The number of alkyl halides is 2. The van der Waals surface area contributed by atoms with Gasteiger partial charge in [-0.3, -0.25) is 0 Å². The van der Waals surface area contributed by atoms with Gasteiger partial charge in [0.2, 0.25) is 0 Å². The molecule has 0 heterocycles. The van der Waals surface area contributed by atoms with Gasteiger partial charge in [-0.15, -0.1) is 0 Å². The van der Waals surface area contributed by atoms with E-state index in [1.54, 1.807) is 0 Å². The highest BCUT2D eigenvalue weighted by Crippen LogP contribution is 2.34. The van der Waals surface area contributed by atoms with E-state index in [0.29, 0.717) is 4.47 Å². The first-order chi connectivity index (χ1) is 6.00. The molecule has 72 valence electrons. The quantitative estimate of drug-likeness (QED) is 0.736. The van der Waals surface area contributed by atoms with Crippen molar-refractivity contribution in [3.63, 3.8) is 0 Å². The average Bonchev–Trinajstić information content (AvgIpc) is 1.99. The van der Waals surface area contributed by atoms with Crippen molar-refractivity contribution >= 4 is 39.1 Å². The summed E-state index contributed by atoms with van der Waals surface area (Å²) in [5.41, 5.74) is 0. The van der Waals surface area contributed by atoms with Crippen LogP contribution in [-0.4, -0.2) is 6.61 Å². The molecule has 0 aliphatic heterocycles. The maximum Gasteiger partial charge on any atom is 0.387 e. The molecule has 0 fully saturated rings. The summed E-state index contributed by atoms with van der Waals surface area (Å²) in [5.74, 6) is -0.0376. The van der Waals surface area contributed by atoms with Crippen LogP contribution in [-0.2, 0) is 0 Å². The summed E-state index contributed by atoms with van der Waals surface area (Å²) < 4.78 is 28.1. The summed E-state index contributed by atoms with van der Waals surface area (Å²) in [7, 11) is 0. The normalized spacial score (nSPS) is 10.6. The van der Waals surface area contributed by atoms with E-state index >= 15 is 0 Å². The minimum absolute atomic E-state index is 0.0376. The molecule has 0 bridgehead atoms. The number of halogens is 5. The molecule has 0 atom stereocenters. The number of hydrogen-bond acceptors (Lipinski definition) is 1. The van der Waals surface area contributed by atoms with Crippen LogP contribution in [0.15, 0.2) is 16.6 Å². The smallest absolute Gasteiger partial charge is 0.387 e. The fourth-order valence-corrected chi connectivity index (χ4v) is 1.58. The molecule has 0 spiro atoms. The van der Waals surface area contributed by atoms with Crippen LogP contribution in [0.3, 0.4) is 0 Å². The molecule has 13 heavy (non-hydrogen) atoms. The van der Waals surface area contributed by atoms with Gasteiger partial charge in [-0.25, -0.2) is 0 Å². The highest BCUT2D eigenvalue weighted by molar-refractivity contribution is 9.10. The lowest BCUT2D eigenvalue weighted by atomic mass is 10.3. The van der Waals surface area contributed by atoms with Crippen LogP contribution >= 0.6 is 39.1 Å². The van der Waals surface area contributed by atoms with Crippen molar-refractivity contribution in [1.82, 2.24) is 0 Å². The molecular formula is C7H3BrCl2F2O. The van der Waals surface area contributed by atoms with E-state index in [0.717, 1.165) is 0 Å². The maximum atomic E-state index is 11.8. The molecule has 1 aromatic carbocycles. The molecule has 0 unspecified atom stereocenters. The van der Waals surface area contributed by atoms with Gasteiger partial charge in [-0.1, -0.05) is 23.2 Å². The van der Waals surface area contributed by atoms with E-state index in [1.165, 1.54) is 12.1 Å². The number of hydrogen-bond donors (Lipinski definition) is 0. The zero-order chi connectivity index (χ0) is 10.0. The first-order valence-corrected chi connectivity index (χ1v) is 4.65. The molecule has 6 heteroatoms. The lowest BCUT2D eigenvalue weighted by molar-refractivity contribution is -0.0503. The maximum absolute atomic E-state index is 11.8. The summed E-state index contributed by atoms with van der Waals surface area (Å²) in [6.07, 6.45) is 0. The van der Waals surface area contributed by atoms with E-state index in [2.05, 4.69) is 20.7 Å². The lowest BCUT2D eigenvalue weighted by Gasteiger charge is -2.07. The van der Waals surface area contributed by atoms with Crippen molar-refractivity contribution in [1.29, 1.82) is 0 Å². The lowest BCUT2D eigenvalue weighted by Crippen LogP contribution is -2.02. The number of ether oxygens (including phenoxy) is 1. The Morgan fingerprint density at radius 1 is 1.23 bits per heavy atom. The van der Waals surface area contributed by atoms with Gasteiger partial charge in [0.15, 0.2) is 0 Å². The van der Waals surface area contributed by atoms with E-state index in [9.17, 15) is 8.78 Å². The molecule has 1 aromatic rings. The fraction of sp³-hybridized carbons (Fsp3) is 0.143. The Kier molecular flexibility index (Phi) is 3.76. The van der Waals surface area contributed by atoms with E-state index < -0.39 is 6.61 Å². The second-order valence-corrected chi connectivity index (χ2v) is 3.74. The number of benzene rings is 1. The summed E-state index contributed by atoms with van der Waals surface area (Å²) in [6, 6.07) is 2.61. The van der Waals surface area contributed by atoms with Crippen LogP contribution in [0.25, 0.3) is 0 Å². The van der Waals surface area contributed by atoms with Crippen molar-refractivity contribution in [2.45, 2.75) is 6.61 Å². The molecule has 0 radical (unpaired) electrons. The highest BCUT2D eigenvalue weighted by Gasteiger charge is 2.10. The third-order valence-corrected chi connectivity index (χ3v) is 2.53. The van der Waals surface area contributed by atoms with Crippen molar-refractivity contribution < 1.29 is 13.5 Å². The van der Waals surface area contributed by atoms with Crippen LogP contribution in [0, 0.1) is 0 Å². The minimum atomic E-state index is -2.88. The molecule has 0 saturated carbocycles. The van der Waals surface area contributed by atoms with Crippen LogP contribution in [0.4, 0.5) is 8.78 Å². The van der Waals surface area contributed by atoms with Crippen molar-refractivity contribution in [3.8, 4) is 5.75 Å². The Hall–Kier alpha value is -0.0600. The molecule has 1 nitrogen and oxygen atoms in total. The van der Waals surface area contributed by atoms with E-state index in [1.807, 2.05) is 0 Å². The topological polar surface area (TPSA) is 9.23 Å². The Bertz CT molecular complexity index is 320. The molecule has 1 rings (SSSR count). The Morgan fingerprint density at radius 2 is 1.77 bits per heavy atom. The molecular weight excluding hydrogens is 289 g/mol. The summed E-state index contributed by atoms with van der Waals surface area (Å²) in [4.78, 5) is 0. The standard InChI is InChI=1S/C7H3BrCl2F2O/c8-3-1-4(9)5(10)2-6(3)13-7(11)12/h1-2,7H. The molecule has 0 N–H and O–H groups in total. The number of rotatable bonds is 2. The van der Waals surface area contributed by atoms with Crippen LogP contribution in [0.1, 0.15) is 0 Å². The van der Waals surface area contributed by atoms with Gasteiger partial charge in [-0.2, -0.15) is 8.78 Å². The van der Waals surface area contributed by atoms with Gasteiger partial charge in [0.25, 0.3) is 0 Å². The average molecular weight is 292 g/mol. The van der Waals surface area contributed by atoms with Gasteiger partial charge in [-0.05, 0) is 22.0 Å². The zero-order valence-electron chi connectivity index (χ0n) is 6.03. The predicted octanol–water partition coefficient (Wildman–Crippen LogP) is 4.36. The van der Waals surface area contributed by atoms with Crippen molar-refractivity contribution in [2.24, 2.45) is 0 Å². The van der Waals surface area contributed by atoms with Crippen molar-refractivity contribution in [2.75, 3.05) is 0 Å². The predicted molar refractivity (Wildman–Crippen MR) is 50.8 cm³/mol. The Morgan fingerprint density at radius 3 is 2.31 bits per heavy atom. The van der Waals surface area contributed by atoms with E-state index in [-0.39, 0.29) is 15.8 Å². The first kappa shape index (κ1) is 11.0. The largest absolute Gasteiger partial charge is 0.434 e. The van der Waals surface area contributed by atoms with Crippen LogP contribution < -0.4 is 4.74 Å². The van der Waals surface area contributed by atoms with Gasteiger partial charge >= 0.3 is 6.61 Å². The van der Waals surface area contributed by atoms with E-state index in [4.69, 9.17) is 23.2 Å². The van der Waals surface area contributed by atoms with Gasteiger partial charge in [0.1, 0.15) is 5.75 Å². The van der Waals surface area contributed by atoms with Crippen molar-refractivity contribution in [3.05, 3.63) is 26.7 Å². The van der Waals surface area contributed by atoms with Crippen LogP contribution in [0.5, 0.6) is 5.75 Å². The second-order valence-electron chi connectivity index (χ2n) is 2.08. The summed E-state index contributed by atoms with van der Waals surface area (Å²) in [5, 5.41) is 0.440. The Labute approximate surface area is 91.7 Å². The van der Waals surface area contributed by atoms with Gasteiger partial charge < -0.3 is 4.74 Å². The second kappa shape index (κ2) is 4.44. The third kappa shape index (κ3) is 2.97. The zero-order valence-corrected chi connectivity index (χ0v) is 9.13. The molecule has 0 aromatic heterocycles. The molecule has 0 amide bonds. The monoisotopic (exact) mass is 290 g/mol. The fourth-order valence-electron chi connectivity index (χ4n) is 0.691. The van der Waals surface area contributed by atoms with Crippen LogP contribution in [0.2, 0.25) is 10.0 Å². The molecule has 0 aliphatic rings. The third-order valence-electron chi connectivity index (χ3n) is 1.19. The van der Waals surface area contributed by atoms with Gasteiger partial charge in [0.05, 0.1) is 14.5 Å². The molecule has 0 saturated heterocycles. The minimum Gasteiger partial charge on any atom is -0.434 e. The van der Waals surface area contributed by atoms with Gasteiger partial charge in [0, 0.05) is 6.07 Å². The summed E-state index contributed by atoms with van der Waals surface area (Å²) >= 11 is 14.2. The first-order valence-electron chi connectivity index (χ1n) is 3.10. The summed E-state index contributed by atoms with van der Waals surface area (Å²) in [6.45, 7) is -2.88.